The molecule has 0 saturated heterocycles. The zero-order valence-corrected chi connectivity index (χ0v) is 18.3. The number of thiazole rings is 1. The van der Waals surface area contributed by atoms with Gasteiger partial charge in [-0.2, -0.15) is 0 Å². The van der Waals surface area contributed by atoms with E-state index in [-0.39, 0.29) is 15.9 Å². The first-order valence-corrected chi connectivity index (χ1v) is 11.4. The maximum absolute atomic E-state index is 12.3. The molecule has 0 unspecified atom stereocenters. The first-order valence-electron chi connectivity index (χ1n) is 8.22. The van der Waals surface area contributed by atoms with Gasteiger partial charge in [0, 0.05) is 33.4 Å². The minimum absolute atomic E-state index is 0.0695. The Morgan fingerprint density at radius 2 is 1.97 bits per heavy atom. The smallest absolute Gasteiger partial charge is 0.263 e. The molecule has 0 radical (unpaired) electrons. The highest BCUT2D eigenvalue weighted by molar-refractivity contribution is 9.10. The van der Waals surface area contributed by atoms with Crippen LogP contribution in [0.1, 0.15) is 5.56 Å². The Hall–Kier alpha value is -2.69. The molecule has 0 aliphatic carbocycles. The molecule has 1 heterocycles. The van der Waals surface area contributed by atoms with Crippen molar-refractivity contribution in [2.24, 2.45) is 0 Å². The van der Waals surface area contributed by atoms with E-state index in [0.717, 1.165) is 10.0 Å². The second kappa shape index (κ2) is 9.21. The summed E-state index contributed by atoms with van der Waals surface area (Å²) in [6.45, 7) is 0. The molecule has 0 atom stereocenters. The minimum Gasteiger partial charge on any atom is -0.496 e. The van der Waals surface area contributed by atoms with Crippen LogP contribution >= 0.6 is 27.3 Å². The Morgan fingerprint density at radius 1 is 1.21 bits per heavy atom. The number of benzene rings is 2. The molecule has 0 aliphatic heterocycles. The topological polar surface area (TPSA) is 97.4 Å². The molecule has 10 heteroatoms. The van der Waals surface area contributed by atoms with Crippen molar-refractivity contribution in [3.8, 4) is 5.75 Å². The van der Waals surface area contributed by atoms with Crippen LogP contribution in [0, 0.1) is 0 Å². The van der Waals surface area contributed by atoms with Gasteiger partial charge in [0.15, 0.2) is 5.13 Å². The van der Waals surface area contributed by atoms with Crippen LogP contribution in [0.15, 0.2) is 69.5 Å². The number of rotatable bonds is 7. The zero-order chi connectivity index (χ0) is 20.9. The number of carbonyl (C=O) groups excluding carboxylic acids is 1. The molecule has 1 aromatic heterocycles. The first-order chi connectivity index (χ1) is 13.9. The summed E-state index contributed by atoms with van der Waals surface area (Å²) < 4.78 is 33.2. The van der Waals surface area contributed by atoms with Gasteiger partial charge in [-0.3, -0.25) is 9.52 Å². The number of aromatic nitrogens is 1. The molecule has 29 heavy (non-hydrogen) atoms. The SMILES string of the molecule is COc1ccc(Br)cc1/C=C/C(=O)Nc1ccc(S(=O)(=O)Nc2nccs2)cc1. The van der Waals surface area contributed by atoms with E-state index in [1.807, 2.05) is 12.1 Å². The quantitative estimate of drug-likeness (QED) is 0.476. The number of ether oxygens (including phenoxy) is 1. The zero-order valence-electron chi connectivity index (χ0n) is 15.1. The summed E-state index contributed by atoms with van der Waals surface area (Å²) in [5, 5.41) is 4.65. The number of nitrogens with zero attached hydrogens (tertiary/aromatic N) is 1. The summed E-state index contributed by atoms with van der Waals surface area (Å²) in [6, 6.07) is 11.3. The van der Waals surface area contributed by atoms with Crippen molar-refractivity contribution in [1.82, 2.24) is 4.98 Å². The van der Waals surface area contributed by atoms with Crippen LogP contribution in [0.25, 0.3) is 6.08 Å². The van der Waals surface area contributed by atoms with Crippen LogP contribution in [-0.2, 0) is 14.8 Å². The van der Waals surface area contributed by atoms with Crippen molar-refractivity contribution in [2.45, 2.75) is 4.90 Å². The van der Waals surface area contributed by atoms with Crippen molar-refractivity contribution >= 4 is 60.1 Å². The van der Waals surface area contributed by atoms with Crippen molar-refractivity contribution in [2.75, 3.05) is 17.1 Å². The molecule has 0 saturated carbocycles. The van der Waals surface area contributed by atoms with E-state index >= 15 is 0 Å². The number of sulfonamides is 1. The Labute approximate surface area is 180 Å². The number of hydrogen-bond acceptors (Lipinski definition) is 6. The molecular weight excluding hydrogens is 478 g/mol. The highest BCUT2D eigenvalue weighted by Crippen LogP contribution is 2.24. The molecule has 0 fully saturated rings. The Morgan fingerprint density at radius 3 is 2.62 bits per heavy atom. The summed E-state index contributed by atoms with van der Waals surface area (Å²) >= 11 is 4.57. The van der Waals surface area contributed by atoms with Crippen molar-refractivity contribution in [3.63, 3.8) is 0 Å². The van der Waals surface area contributed by atoms with Crippen molar-refractivity contribution < 1.29 is 17.9 Å². The summed E-state index contributed by atoms with van der Waals surface area (Å²) in [5.74, 6) is 0.281. The number of amides is 1. The van der Waals surface area contributed by atoms with Gasteiger partial charge >= 0.3 is 0 Å². The summed E-state index contributed by atoms with van der Waals surface area (Å²) in [7, 11) is -2.18. The average molecular weight is 494 g/mol. The van der Waals surface area contributed by atoms with Gasteiger partial charge in [0.1, 0.15) is 5.75 Å². The third kappa shape index (κ3) is 5.66. The molecule has 3 rings (SSSR count). The summed E-state index contributed by atoms with van der Waals surface area (Å²) in [6.07, 6.45) is 4.52. The molecule has 0 bridgehead atoms. The lowest BCUT2D eigenvalue weighted by Crippen LogP contribution is -2.13. The molecular formula is C19H16BrN3O4S2. The number of carbonyl (C=O) groups is 1. The summed E-state index contributed by atoms with van der Waals surface area (Å²) in [5.41, 5.74) is 1.21. The molecule has 0 spiro atoms. The molecule has 2 N–H and O–H groups in total. The monoisotopic (exact) mass is 493 g/mol. The molecule has 150 valence electrons. The highest BCUT2D eigenvalue weighted by Gasteiger charge is 2.15. The molecule has 0 aliphatic rings. The fraction of sp³-hybridized carbons (Fsp3) is 0.0526. The van der Waals surface area contributed by atoms with Crippen LogP contribution < -0.4 is 14.8 Å². The van der Waals surface area contributed by atoms with E-state index in [1.165, 1.54) is 47.9 Å². The van der Waals surface area contributed by atoms with Crippen LogP contribution in [0.3, 0.4) is 0 Å². The van der Waals surface area contributed by atoms with E-state index in [0.29, 0.717) is 11.4 Å². The number of nitrogens with one attached hydrogen (secondary N) is 2. The van der Waals surface area contributed by atoms with Gasteiger partial charge in [-0.15, -0.1) is 11.3 Å². The van der Waals surface area contributed by atoms with E-state index in [9.17, 15) is 13.2 Å². The minimum atomic E-state index is -3.73. The molecule has 1 amide bonds. The lowest BCUT2D eigenvalue weighted by atomic mass is 10.2. The predicted molar refractivity (Wildman–Crippen MR) is 118 cm³/mol. The second-order valence-electron chi connectivity index (χ2n) is 5.68. The van der Waals surface area contributed by atoms with E-state index in [2.05, 4.69) is 31.0 Å². The van der Waals surface area contributed by atoms with Gasteiger partial charge in [0.2, 0.25) is 5.91 Å². The van der Waals surface area contributed by atoms with Crippen LogP contribution in [0.4, 0.5) is 10.8 Å². The van der Waals surface area contributed by atoms with Crippen molar-refractivity contribution in [3.05, 3.63) is 70.2 Å². The maximum atomic E-state index is 12.3. The number of anilines is 2. The van der Waals surface area contributed by atoms with Crippen LogP contribution in [0.5, 0.6) is 5.75 Å². The predicted octanol–water partition coefficient (Wildman–Crippen LogP) is 4.37. The Bertz CT molecular complexity index is 1130. The lowest BCUT2D eigenvalue weighted by molar-refractivity contribution is -0.111. The standard InChI is InChI=1S/C19H16BrN3O4S2/c1-27-17-8-3-14(20)12-13(17)2-9-18(24)22-15-4-6-16(7-5-15)29(25,26)23-19-21-10-11-28-19/h2-12H,1H3,(H,21,23)(H,22,24)/b9-2+. The second-order valence-corrected chi connectivity index (χ2v) is 9.17. The first kappa shape index (κ1) is 21.0. The number of halogens is 1. The van der Waals surface area contributed by atoms with Gasteiger partial charge in [-0.05, 0) is 48.5 Å². The van der Waals surface area contributed by atoms with Gasteiger partial charge in [0.05, 0.1) is 12.0 Å². The molecule has 2 aromatic carbocycles. The normalized spacial score (nSPS) is 11.4. The molecule has 3 aromatic rings. The van der Waals surface area contributed by atoms with Crippen LogP contribution in [-0.4, -0.2) is 26.4 Å². The fourth-order valence-electron chi connectivity index (χ4n) is 2.35. The van der Waals surface area contributed by atoms with Crippen molar-refractivity contribution in [1.29, 1.82) is 0 Å². The third-order valence-electron chi connectivity index (χ3n) is 3.69. The molecule has 7 nitrogen and oxygen atoms in total. The fourth-order valence-corrected chi connectivity index (χ4v) is 4.52. The summed E-state index contributed by atoms with van der Waals surface area (Å²) in [4.78, 5) is 16.1. The van der Waals surface area contributed by atoms with E-state index in [4.69, 9.17) is 4.74 Å². The van der Waals surface area contributed by atoms with E-state index < -0.39 is 10.0 Å². The van der Waals surface area contributed by atoms with Gasteiger partial charge in [0.25, 0.3) is 10.0 Å². The largest absolute Gasteiger partial charge is 0.496 e. The van der Waals surface area contributed by atoms with Crippen LogP contribution in [0.2, 0.25) is 0 Å². The highest BCUT2D eigenvalue weighted by atomic mass is 79.9. The van der Waals surface area contributed by atoms with Gasteiger partial charge < -0.3 is 10.1 Å². The maximum Gasteiger partial charge on any atom is 0.263 e. The number of hydrogen-bond donors (Lipinski definition) is 2. The van der Waals surface area contributed by atoms with Gasteiger partial charge in [-0.25, -0.2) is 13.4 Å². The van der Waals surface area contributed by atoms with E-state index in [1.54, 1.807) is 24.6 Å². The average Bonchev–Trinajstić information content (AvgIpc) is 3.19. The van der Waals surface area contributed by atoms with Gasteiger partial charge in [-0.1, -0.05) is 15.9 Å². The third-order valence-corrected chi connectivity index (χ3v) is 6.36. The number of methoxy groups -OCH3 is 1. The Balaban J connectivity index is 1.66. The Kier molecular flexibility index (Phi) is 6.68. The lowest BCUT2D eigenvalue weighted by Gasteiger charge is -2.07.